The first kappa shape index (κ1) is 16.7. The molecular weight excluding hydrogens is 375 g/mol. The molecule has 0 N–H and O–H groups in total. The molecule has 1 heterocycles. The number of nitrogens with zero attached hydrogens (tertiary/aromatic N) is 2. The average molecular weight is 398 g/mol. The summed E-state index contributed by atoms with van der Waals surface area (Å²) in [6.45, 7) is 6.35. The molecule has 1 aliphatic heterocycles. The van der Waals surface area contributed by atoms with Gasteiger partial charge >= 0.3 is 0 Å². The van der Waals surface area contributed by atoms with Crippen molar-refractivity contribution in [3.05, 3.63) is 32.9 Å². The van der Waals surface area contributed by atoms with Crippen molar-refractivity contribution in [1.29, 1.82) is 5.26 Å². The highest BCUT2D eigenvalue weighted by Crippen LogP contribution is 2.18. The third-order valence-corrected chi connectivity index (χ3v) is 5.08. The number of aryl methyl sites for hydroxylation is 1. The van der Waals surface area contributed by atoms with Crippen molar-refractivity contribution in [1.82, 2.24) is 4.90 Å². The number of halogens is 1. The van der Waals surface area contributed by atoms with E-state index in [0.717, 1.165) is 57.5 Å². The fraction of sp³-hybridized carbons (Fsp3) is 0.588. The van der Waals surface area contributed by atoms with Crippen molar-refractivity contribution in [2.45, 2.75) is 38.7 Å². The van der Waals surface area contributed by atoms with Crippen LogP contribution in [0.25, 0.3) is 0 Å². The summed E-state index contributed by atoms with van der Waals surface area (Å²) in [6, 6.07) is 8.19. The predicted octanol–water partition coefficient (Wildman–Crippen LogP) is 3.60. The van der Waals surface area contributed by atoms with Crippen LogP contribution in [0.3, 0.4) is 0 Å². The summed E-state index contributed by atoms with van der Waals surface area (Å²) >= 11 is 2.36. The van der Waals surface area contributed by atoms with Crippen LogP contribution in [0.5, 0.6) is 0 Å². The zero-order chi connectivity index (χ0) is 15.1. The summed E-state index contributed by atoms with van der Waals surface area (Å²) in [7, 11) is 0. The van der Waals surface area contributed by atoms with Crippen LogP contribution in [0.2, 0.25) is 0 Å². The lowest BCUT2D eigenvalue weighted by Gasteiger charge is -2.31. The van der Waals surface area contributed by atoms with Gasteiger partial charge in [0.05, 0.1) is 17.7 Å². The van der Waals surface area contributed by atoms with E-state index in [0.29, 0.717) is 6.10 Å². The van der Waals surface area contributed by atoms with Gasteiger partial charge in [-0.25, -0.2) is 0 Å². The quantitative estimate of drug-likeness (QED) is 0.688. The third-order valence-electron chi connectivity index (χ3n) is 4.03. The Morgan fingerprint density at radius 2 is 2.14 bits per heavy atom. The highest BCUT2D eigenvalue weighted by molar-refractivity contribution is 14.1. The lowest BCUT2D eigenvalue weighted by Crippen LogP contribution is -2.37. The molecule has 21 heavy (non-hydrogen) atoms. The van der Waals surface area contributed by atoms with Crippen molar-refractivity contribution < 1.29 is 4.74 Å². The number of ether oxygens (including phenoxy) is 1. The van der Waals surface area contributed by atoms with Gasteiger partial charge in [-0.15, -0.1) is 0 Å². The molecule has 0 radical (unpaired) electrons. The van der Waals surface area contributed by atoms with E-state index in [1.165, 1.54) is 9.13 Å². The molecule has 3 nitrogen and oxygen atoms in total. The zero-order valence-electron chi connectivity index (χ0n) is 12.6. The number of piperidine rings is 1. The first-order valence-electron chi connectivity index (χ1n) is 7.75. The number of nitriles is 1. The standard InChI is InChI=1S/C17H23IN2O/c1-2-21-16-7-10-20(11-8-16)9-3-4-15-12-14(13-19)5-6-17(15)18/h5-6,12,16H,2-4,7-11H2,1H3. The Morgan fingerprint density at radius 1 is 1.38 bits per heavy atom. The van der Waals surface area contributed by atoms with Crippen LogP contribution in [0.15, 0.2) is 18.2 Å². The molecular formula is C17H23IN2O. The van der Waals surface area contributed by atoms with E-state index in [1.807, 2.05) is 18.2 Å². The minimum Gasteiger partial charge on any atom is -0.378 e. The Labute approximate surface area is 141 Å². The van der Waals surface area contributed by atoms with Gasteiger partial charge in [0.15, 0.2) is 0 Å². The smallest absolute Gasteiger partial charge is 0.0991 e. The second kappa shape index (κ2) is 8.72. The molecule has 1 aromatic carbocycles. The molecule has 0 atom stereocenters. The fourth-order valence-corrected chi connectivity index (χ4v) is 3.47. The summed E-state index contributed by atoms with van der Waals surface area (Å²) in [4.78, 5) is 2.54. The highest BCUT2D eigenvalue weighted by Gasteiger charge is 2.18. The van der Waals surface area contributed by atoms with Gasteiger partial charge in [-0.3, -0.25) is 0 Å². The van der Waals surface area contributed by atoms with Gasteiger partial charge in [0, 0.05) is 23.3 Å². The molecule has 4 heteroatoms. The Kier molecular flexibility index (Phi) is 6.94. The largest absolute Gasteiger partial charge is 0.378 e. The molecule has 0 bridgehead atoms. The fourth-order valence-electron chi connectivity index (χ4n) is 2.86. The topological polar surface area (TPSA) is 36.3 Å². The average Bonchev–Trinajstić information content (AvgIpc) is 2.51. The summed E-state index contributed by atoms with van der Waals surface area (Å²) in [5.74, 6) is 0. The van der Waals surface area contributed by atoms with Crippen molar-refractivity contribution >= 4 is 22.6 Å². The Balaban J connectivity index is 1.74. The van der Waals surface area contributed by atoms with Crippen LogP contribution in [-0.4, -0.2) is 37.2 Å². The van der Waals surface area contributed by atoms with E-state index in [2.05, 4.69) is 40.5 Å². The van der Waals surface area contributed by atoms with Crippen molar-refractivity contribution in [2.24, 2.45) is 0 Å². The van der Waals surface area contributed by atoms with Crippen molar-refractivity contribution in [3.8, 4) is 6.07 Å². The number of hydrogen-bond donors (Lipinski definition) is 0. The second-order valence-electron chi connectivity index (χ2n) is 5.52. The van der Waals surface area contributed by atoms with E-state index >= 15 is 0 Å². The van der Waals surface area contributed by atoms with E-state index in [1.54, 1.807) is 0 Å². The summed E-state index contributed by atoms with van der Waals surface area (Å²) in [6.07, 6.45) is 5.01. The van der Waals surface area contributed by atoms with Crippen LogP contribution in [-0.2, 0) is 11.2 Å². The molecule has 2 rings (SSSR count). The van der Waals surface area contributed by atoms with Crippen LogP contribution in [0, 0.1) is 14.9 Å². The van der Waals surface area contributed by atoms with Crippen LogP contribution < -0.4 is 0 Å². The molecule has 0 unspecified atom stereocenters. The van der Waals surface area contributed by atoms with Crippen molar-refractivity contribution in [3.63, 3.8) is 0 Å². The van der Waals surface area contributed by atoms with Crippen molar-refractivity contribution in [2.75, 3.05) is 26.2 Å². The first-order chi connectivity index (χ1) is 10.2. The third kappa shape index (κ3) is 5.24. The number of hydrogen-bond acceptors (Lipinski definition) is 3. The van der Waals surface area contributed by atoms with E-state index < -0.39 is 0 Å². The number of rotatable bonds is 6. The second-order valence-corrected chi connectivity index (χ2v) is 6.68. The SMILES string of the molecule is CCOC1CCN(CCCc2cc(C#N)ccc2I)CC1. The van der Waals surface area contributed by atoms with Gasteiger partial charge < -0.3 is 9.64 Å². The van der Waals surface area contributed by atoms with Gasteiger partial charge in [-0.05, 0) is 85.5 Å². The maximum absolute atomic E-state index is 8.98. The van der Waals surface area contributed by atoms with Gasteiger partial charge in [-0.1, -0.05) is 0 Å². The molecule has 0 amide bonds. The summed E-state index contributed by atoms with van der Waals surface area (Å²) in [5, 5.41) is 8.98. The monoisotopic (exact) mass is 398 g/mol. The molecule has 0 saturated carbocycles. The van der Waals surface area contributed by atoms with Gasteiger partial charge in [0.1, 0.15) is 0 Å². The lowest BCUT2D eigenvalue weighted by molar-refractivity contribution is 0.0141. The molecule has 0 aromatic heterocycles. The van der Waals surface area contributed by atoms with Gasteiger partial charge in [-0.2, -0.15) is 5.26 Å². The van der Waals surface area contributed by atoms with Gasteiger partial charge in [0.2, 0.25) is 0 Å². The van der Waals surface area contributed by atoms with E-state index in [9.17, 15) is 0 Å². The summed E-state index contributed by atoms with van der Waals surface area (Å²) < 4.78 is 6.95. The van der Waals surface area contributed by atoms with Crippen LogP contribution >= 0.6 is 22.6 Å². The molecule has 1 fully saturated rings. The Morgan fingerprint density at radius 3 is 2.81 bits per heavy atom. The van der Waals surface area contributed by atoms with Gasteiger partial charge in [0.25, 0.3) is 0 Å². The maximum atomic E-state index is 8.98. The normalized spacial score (nSPS) is 16.8. The molecule has 0 spiro atoms. The van der Waals surface area contributed by atoms with Crippen LogP contribution in [0.4, 0.5) is 0 Å². The molecule has 1 aromatic rings. The summed E-state index contributed by atoms with van der Waals surface area (Å²) in [5.41, 5.74) is 2.07. The minimum absolute atomic E-state index is 0.472. The van der Waals surface area contributed by atoms with Crippen LogP contribution in [0.1, 0.15) is 37.3 Å². The molecule has 0 aliphatic carbocycles. The first-order valence-corrected chi connectivity index (χ1v) is 8.83. The number of benzene rings is 1. The Hall–Kier alpha value is -0.640. The molecule has 1 saturated heterocycles. The predicted molar refractivity (Wildman–Crippen MR) is 93.3 cm³/mol. The van der Waals surface area contributed by atoms with E-state index in [-0.39, 0.29) is 0 Å². The molecule has 1 aliphatic rings. The lowest BCUT2D eigenvalue weighted by atomic mass is 10.0. The molecule has 114 valence electrons. The minimum atomic E-state index is 0.472. The maximum Gasteiger partial charge on any atom is 0.0991 e. The number of likely N-dealkylation sites (tertiary alicyclic amines) is 1. The van der Waals surface area contributed by atoms with E-state index in [4.69, 9.17) is 10.00 Å². The highest BCUT2D eigenvalue weighted by atomic mass is 127. The zero-order valence-corrected chi connectivity index (χ0v) is 14.8. The Bertz CT molecular complexity index is 490.